The average Bonchev–Trinajstić information content (AvgIpc) is 2.95. The molecule has 0 aliphatic carbocycles. The van der Waals surface area contributed by atoms with Crippen LogP contribution in [0.1, 0.15) is 13.3 Å². The van der Waals surface area contributed by atoms with E-state index >= 15 is 0 Å². The number of benzene rings is 2. The van der Waals surface area contributed by atoms with Crippen LogP contribution in [0.2, 0.25) is 0 Å². The number of halogens is 1. The molecule has 3 aromatic rings. The SMILES string of the molecule is CCC(=O)Nc1nc2ccc(OSc3ccc(F)cc3)cc2s1. The molecule has 4 nitrogen and oxygen atoms in total. The Hall–Kier alpha value is -2.12. The molecule has 23 heavy (non-hydrogen) atoms. The zero-order chi connectivity index (χ0) is 16.2. The summed E-state index contributed by atoms with van der Waals surface area (Å²) in [5, 5.41) is 3.33. The molecule has 7 heteroatoms. The summed E-state index contributed by atoms with van der Waals surface area (Å²) in [5.74, 6) is 0.332. The highest BCUT2D eigenvalue weighted by Gasteiger charge is 2.08. The van der Waals surface area contributed by atoms with E-state index in [9.17, 15) is 9.18 Å². The Balaban J connectivity index is 1.71. The summed E-state index contributed by atoms with van der Waals surface area (Å²) in [6.07, 6.45) is 0.415. The summed E-state index contributed by atoms with van der Waals surface area (Å²) in [6.45, 7) is 1.79. The van der Waals surface area contributed by atoms with Crippen molar-refractivity contribution in [3.63, 3.8) is 0 Å². The number of carbonyl (C=O) groups excluding carboxylic acids is 1. The molecule has 0 unspecified atom stereocenters. The van der Waals surface area contributed by atoms with Gasteiger partial charge in [0, 0.05) is 17.4 Å². The summed E-state index contributed by atoms with van der Waals surface area (Å²) in [6, 6.07) is 11.6. The number of thiazole rings is 1. The summed E-state index contributed by atoms with van der Waals surface area (Å²) in [5.41, 5.74) is 0.806. The maximum absolute atomic E-state index is 12.9. The van der Waals surface area contributed by atoms with Crippen molar-refractivity contribution in [2.75, 3.05) is 5.32 Å². The number of nitrogens with zero attached hydrogens (tertiary/aromatic N) is 1. The third kappa shape index (κ3) is 4.00. The molecule has 1 amide bonds. The van der Waals surface area contributed by atoms with Crippen molar-refractivity contribution in [2.24, 2.45) is 0 Å². The Morgan fingerprint density at radius 2 is 2.09 bits per heavy atom. The zero-order valence-corrected chi connectivity index (χ0v) is 13.8. The van der Waals surface area contributed by atoms with Crippen molar-refractivity contribution in [3.8, 4) is 5.75 Å². The van der Waals surface area contributed by atoms with Gasteiger partial charge < -0.3 is 9.50 Å². The van der Waals surface area contributed by atoms with Gasteiger partial charge in [-0.2, -0.15) is 0 Å². The maximum Gasteiger partial charge on any atom is 0.225 e. The molecule has 1 aromatic heterocycles. The number of hydrogen-bond donors (Lipinski definition) is 1. The van der Waals surface area contributed by atoms with Gasteiger partial charge in [-0.15, -0.1) is 0 Å². The van der Waals surface area contributed by atoms with Crippen LogP contribution in [0.15, 0.2) is 47.4 Å². The van der Waals surface area contributed by atoms with E-state index in [-0.39, 0.29) is 11.7 Å². The summed E-state index contributed by atoms with van der Waals surface area (Å²) in [7, 11) is 0. The van der Waals surface area contributed by atoms with Crippen LogP contribution in [0.5, 0.6) is 5.75 Å². The number of rotatable bonds is 5. The predicted octanol–water partition coefficient (Wildman–Crippen LogP) is 4.87. The first kappa shape index (κ1) is 15.8. The average molecular weight is 348 g/mol. The van der Waals surface area contributed by atoms with E-state index in [0.717, 1.165) is 27.2 Å². The van der Waals surface area contributed by atoms with Gasteiger partial charge in [-0.05, 0) is 36.4 Å². The Morgan fingerprint density at radius 3 is 2.83 bits per heavy atom. The van der Waals surface area contributed by atoms with Crippen LogP contribution in [0, 0.1) is 5.82 Å². The largest absolute Gasteiger partial charge is 0.421 e. The summed E-state index contributed by atoms with van der Waals surface area (Å²) < 4.78 is 19.4. The number of nitrogens with one attached hydrogen (secondary N) is 1. The molecule has 3 rings (SSSR count). The van der Waals surface area contributed by atoms with Crippen molar-refractivity contribution in [1.82, 2.24) is 4.98 Å². The molecule has 0 spiro atoms. The minimum Gasteiger partial charge on any atom is -0.421 e. The lowest BCUT2D eigenvalue weighted by Crippen LogP contribution is -2.08. The van der Waals surface area contributed by atoms with Gasteiger partial charge in [-0.1, -0.05) is 18.3 Å². The fourth-order valence-corrected chi connectivity index (χ4v) is 3.26. The minimum atomic E-state index is -0.276. The van der Waals surface area contributed by atoms with Gasteiger partial charge in [-0.3, -0.25) is 4.79 Å². The minimum absolute atomic E-state index is 0.0626. The normalized spacial score (nSPS) is 10.7. The predicted molar refractivity (Wildman–Crippen MR) is 91.4 cm³/mol. The lowest BCUT2D eigenvalue weighted by atomic mass is 10.3. The topological polar surface area (TPSA) is 51.2 Å². The van der Waals surface area contributed by atoms with Gasteiger partial charge in [0.15, 0.2) is 5.13 Å². The van der Waals surface area contributed by atoms with Gasteiger partial charge in [0.25, 0.3) is 0 Å². The van der Waals surface area contributed by atoms with Crippen molar-refractivity contribution in [2.45, 2.75) is 18.2 Å². The Bertz CT molecular complexity index is 834. The number of aromatic nitrogens is 1. The van der Waals surface area contributed by atoms with Gasteiger partial charge >= 0.3 is 0 Å². The van der Waals surface area contributed by atoms with Crippen LogP contribution in [-0.2, 0) is 4.79 Å². The van der Waals surface area contributed by atoms with Crippen LogP contribution < -0.4 is 9.50 Å². The first-order valence-electron chi connectivity index (χ1n) is 6.94. The number of amides is 1. The van der Waals surface area contributed by atoms with Gasteiger partial charge in [0.05, 0.1) is 22.3 Å². The van der Waals surface area contributed by atoms with Crippen molar-refractivity contribution < 1.29 is 13.4 Å². The molecule has 1 heterocycles. The maximum atomic E-state index is 12.9. The fraction of sp³-hybridized carbons (Fsp3) is 0.125. The molecule has 0 fully saturated rings. The first-order valence-corrected chi connectivity index (χ1v) is 8.50. The molecular weight excluding hydrogens is 335 g/mol. The molecule has 118 valence electrons. The molecule has 0 bridgehead atoms. The molecule has 0 radical (unpaired) electrons. The van der Waals surface area contributed by atoms with Crippen LogP contribution in [-0.4, -0.2) is 10.9 Å². The quantitative estimate of drug-likeness (QED) is 0.668. The van der Waals surface area contributed by atoms with E-state index in [1.807, 2.05) is 18.2 Å². The smallest absolute Gasteiger partial charge is 0.225 e. The van der Waals surface area contributed by atoms with E-state index in [4.69, 9.17) is 4.18 Å². The summed E-state index contributed by atoms with van der Waals surface area (Å²) >= 11 is 2.56. The van der Waals surface area contributed by atoms with Crippen LogP contribution in [0.3, 0.4) is 0 Å². The standard InChI is InChI=1S/C16H13FN2O2S2/c1-2-15(20)19-16-18-13-8-5-11(9-14(13)22-16)21-23-12-6-3-10(17)4-7-12/h3-9H,2H2,1H3,(H,18,19,20). The van der Waals surface area contributed by atoms with E-state index in [0.29, 0.717) is 17.3 Å². The van der Waals surface area contributed by atoms with Gasteiger partial charge in [-0.25, -0.2) is 9.37 Å². The van der Waals surface area contributed by atoms with Crippen LogP contribution in [0.4, 0.5) is 9.52 Å². The molecule has 0 saturated carbocycles. The molecular formula is C16H13FN2O2S2. The molecule has 0 atom stereocenters. The molecule has 0 aliphatic rings. The number of fused-ring (bicyclic) bond motifs is 1. The van der Waals surface area contributed by atoms with E-state index in [1.54, 1.807) is 19.1 Å². The molecule has 2 aromatic carbocycles. The number of carbonyl (C=O) groups is 1. The van der Waals surface area contributed by atoms with Gasteiger partial charge in [0.1, 0.15) is 11.6 Å². The fourth-order valence-electron chi connectivity index (χ4n) is 1.80. The number of anilines is 1. The van der Waals surface area contributed by atoms with Gasteiger partial charge in [0.2, 0.25) is 5.91 Å². The second-order valence-electron chi connectivity index (χ2n) is 4.67. The highest BCUT2D eigenvalue weighted by Crippen LogP contribution is 2.31. The third-order valence-corrected chi connectivity index (χ3v) is 4.65. The summed E-state index contributed by atoms with van der Waals surface area (Å²) in [4.78, 5) is 16.6. The lowest BCUT2D eigenvalue weighted by Gasteiger charge is -2.03. The Morgan fingerprint density at radius 1 is 1.30 bits per heavy atom. The molecule has 1 N–H and O–H groups in total. The van der Waals surface area contributed by atoms with Crippen LogP contribution >= 0.6 is 23.4 Å². The second-order valence-corrected chi connectivity index (χ2v) is 6.51. The molecule has 0 saturated heterocycles. The third-order valence-electron chi connectivity index (χ3n) is 2.98. The van der Waals surface area contributed by atoms with E-state index in [1.165, 1.54) is 23.5 Å². The van der Waals surface area contributed by atoms with Crippen molar-refractivity contribution >= 4 is 44.6 Å². The Labute approximate surface area is 140 Å². The van der Waals surface area contributed by atoms with Crippen molar-refractivity contribution in [3.05, 3.63) is 48.3 Å². The lowest BCUT2D eigenvalue weighted by molar-refractivity contribution is -0.115. The van der Waals surface area contributed by atoms with Crippen LogP contribution in [0.25, 0.3) is 10.2 Å². The highest BCUT2D eigenvalue weighted by atomic mass is 32.2. The zero-order valence-electron chi connectivity index (χ0n) is 12.2. The number of hydrogen-bond acceptors (Lipinski definition) is 5. The van der Waals surface area contributed by atoms with Crippen molar-refractivity contribution in [1.29, 1.82) is 0 Å². The monoisotopic (exact) mass is 348 g/mol. The molecule has 0 aliphatic heterocycles. The first-order chi connectivity index (χ1) is 11.1. The van der Waals surface area contributed by atoms with E-state index in [2.05, 4.69) is 10.3 Å². The van der Waals surface area contributed by atoms with E-state index < -0.39 is 0 Å². The second kappa shape index (κ2) is 6.97. The highest BCUT2D eigenvalue weighted by molar-refractivity contribution is 7.95. The Kier molecular flexibility index (Phi) is 4.78.